The van der Waals surface area contributed by atoms with Crippen LogP contribution >= 0.6 is 48.8 Å². The molecule has 0 aliphatic heterocycles. The average molecular weight is 299 g/mol. The molecule has 0 aliphatic rings. The second-order valence-corrected chi connectivity index (χ2v) is 7.14. The molecule has 0 saturated heterocycles. The van der Waals surface area contributed by atoms with E-state index < -0.39 is 0 Å². The number of thioether (sulfide) groups is 2. The van der Waals surface area contributed by atoms with Crippen LogP contribution < -0.4 is 0 Å². The van der Waals surface area contributed by atoms with Gasteiger partial charge in [0.05, 0.1) is 0 Å². The van der Waals surface area contributed by atoms with Gasteiger partial charge < -0.3 is 0 Å². The lowest BCUT2D eigenvalue weighted by atomic mass is 10.3. The van der Waals surface area contributed by atoms with Crippen LogP contribution in [0.2, 0.25) is 0 Å². The molecular formula is C12H26S4. The lowest BCUT2D eigenvalue weighted by Crippen LogP contribution is -1.89. The second-order valence-electron chi connectivity index (χ2n) is 3.79. The summed E-state index contributed by atoms with van der Waals surface area (Å²) in [6.45, 7) is 0. The Balaban J connectivity index is 2.83. The number of thiol groups is 2. The van der Waals surface area contributed by atoms with Crippen molar-refractivity contribution in [1.82, 2.24) is 0 Å². The molecular weight excluding hydrogens is 272 g/mol. The summed E-state index contributed by atoms with van der Waals surface area (Å²) >= 11 is 12.7. The smallest absolute Gasteiger partial charge is 0.00597 e. The molecule has 0 N–H and O–H groups in total. The second kappa shape index (κ2) is 16.4. The van der Waals surface area contributed by atoms with Crippen molar-refractivity contribution in [2.45, 2.75) is 38.5 Å². The largest absolute Gasteiger partial charge is 0.179 e. The Bertz CT molecular complexity index is 106. The highest BCUT2D eigenvalue weighted by Gasteiger charge is 1.93. The maximum absolute atomic E-state index is 4.21. The van der Waals surface area contributed by atoms with Crippen LogP contribution in [0.5, 0.6) is 0 Å². The highest BCUT2D eigenvalue weighted by molar-refractivity contribution is 8.00. The van der Waals surface area contributed by atoms with E-state index in [0.717, 1.165) is 11.5 Å². The zero-order chi connectivity index (χ0) is 11.9. The standard InChI is InChI=1S/C12H26S4/c13-7-2-1-4-9-15-11-6-12-16-10-5-3-8-14/h13-14H,1-12H2. The molecule has 0 heterocycles. The van der Waals surface area contributed by atoms with E-state index in [1.807, 2.05) is 0 Å². The van der Waals surface area contributed by atoms with Crippen molar-refractivity contribution in [3.05, 3.63) is 0 Å². The van der Waals surface area contributed by atoms with Gasteiger partial charge in [0, 0.05) is 0 Å². The van der Waals surface area contributed by atoms with E-state index in [4.69, 9.17) is 0 Å². The molecule has 16 heavy (non-hydrogen) atoms. The molecule has 0 aromatic carbocycles. The summed E-state index contributed by atoms with van der Waals surface area (Å²) in [5.41, 5.74) is 0. The van der Waals surface area contributed by atoms with Crippen molar-refractivity contribution >= 4 is 48.8 Å². The van der Waals surface area contributed by atoms with Gasteiger partial charge in [-0.15, -0.1) is 0 Å². The van der Waals surface area contributed by atoms with Crippen LogP contribution in [0.3, 0.4) is 0 Å². The third-order valence-electron chi connectivity index (χ3n) is 2.22. The van der Waals surface area contributed by atoms with Crippen LogP contribution in [0.15, 0.2) is 0 Å². The van der Waals surface area contributed by atoms with E-state index in [0.29, 0.717) is 0 Å². The van der Waals surface area contributed by atoms with Gasteiger partial charge in [-0.05, 0) is 66.6 Å². The van der Waals surface area contributed by atoms with Crippen LogP contribution in [-0.4, -0.2) is 34.5 Å². The molecule has 0 aromatic rings. The summed E-state index contributed by atoms with van der Waals surface area (Å²) in [6, 6.07) is 0. The topological polar surface area (TPSA) is 0 Å². The lowest BCUT2D eigenvalue weighted by Gasteiger charge is -2.02. The third-order valence-corrected chi connectivity index (χ3v) is 5.16. The minimum Gasteiger partial charge on any atom is -0.179 e. The van der Waals surface area contributed by atoms with Gasteiger partial charge in [0.25, 0.3) is 0 Å². The van der Waals surface area contributed by atoms with E-state index in [2.05, 4.69) is 48.8 Å². The van der Waals surface area contributed by atoms with Gasteiger partial charge in [-0.25, -0.2) is 0 Å². The van der Waals surface area contributed by atoms with Crippen LogP contribution in [0.4, 0.5) is 0 Å². The number of rotatable bonds is 13. The van der Waals surface area contributed by atoms with E-state index in [9.17, 15) is 0 Å². The molecule has 0 fully saturated rings. The predicted molar refractivity (Wildman–Crippen MR) is 90.1 cm³/mol. The van der Waals surface area contributed by atoms with Gasteiger partial charge in [0.1, 0.15) is 0 Å². The number of hydrogen-bond acceptors (Lipinski definition) is 4. The van der Waals surface area contributed by atoms with Crippen LogP contribution in [-0.2, 0) is 0 Å². The molecule has 0 atom stereocenters. The first-order valence-corrected chi connectivity index (χ1v) is 9.86. The Morgan fingerprint density at radius 3 is 1.50 bits per heavy atom. The van der Waals surface area contributed by atoms with E-state index >= 15 is 0 Å². The van der Waals surface area contributed by atoms with Crippen LogP contribution in [0, 0.1) is 0 Å². The van der Waals surface area contributed by atoms with Crippen molar-refractivity contribution in [3.8, 4) is 0 Å². The van der Waals surface area contributed by atoms with Crippen molar-refractivity contribution < 1.29 is 0 Å². The predicted octanol–water partition coefficient (Wildman–Crippen LogP) is 4.65. The molecule has 4 heteroatoms. The van der Waals surface area contributed by atoms with Crippen molar-refractivity contribution in [2.75, 3.05) is 34.5 Å². The normalized spacial score (nSPS) is 10.9. The maximum Gasteiger partial charge on any atom is -0.00597 e. The van der Waals surface area contributed by atoms with Gasteiger partial charge in [0.2, 0.25) is 0 Å². The SMILES string of the molecule is SCCCCCSCCCSCCCCS. The van der Waals surface area contributed by atoms with Crippen molar-refractivity contribution in [1.29, 1.82) is 0 Å². The average Bonchev–Trinajstić information content (AvgIpc) is 2.31. The first-order valence-electron chi connectivity index (χ1n) is 6.29. The molecule has 0 unspecified atom stereocenters. The Morgan fingerprint density at radius 2 is 0.938 bits per heavy atom. The van der Waals surface area contributed by atoms with Crippen LogP contribution in [0.25, 0.3) is 0 Å². The first kappa shape index (κ1) is 17.4. The quantitative estimate of drug-likeness (QED) is 0.375. The summed E-state index contributed by atoms with van der Waals surface area (Å²) < 4.78 is 0. The van der Waals surface area contributed by atoms with Crippen molar-refractivity contribution in [3.63, 3.8) is 0 Å². The zero-order valence-corrected chi connectivity index (χ0v) is 13.6. The molecule has 0 aromatic heterocycles. The van der Waals surface area contributed by atoms with Gasteiger partial charge in [-0.3, -0.25) is 0 Å². The summed E-state index contributed by atoms with van der Waals surface area (Å²) in [4.78, 5) is 0. The molecule has 0 amide bonds. The molecule has 0 radical (unpaired) electrons. The molecule has 0 spiro atoms. The Labute approximate surface area is 121 Å². The van der Waals surface area contributed by atoms with Crippen molar-refractivity contribution in [2.24, 2.45) is 0 Å². The van der Waals surface area contributed by atoms with Gasteiger partial charge in [-0.1, -0.05) is 6.42 Å². The van der Waals surface area contributed by atoms with E-state index in [1.165, 1.54) is 61.5 Å². The minimum atomic E-state index is 1.04. The fourth-order valence-electron chi connectivity index (χ4n) is 1.28. The summed E-state index contributed by atoms with van der Waals surface area (Å²) in [5.74, 6) is 7.46. The summed E-state index contributed by atoms with van der Waals surface area (Å²) in [7, 11) is 0. The molecule has 0 bridgehead atoms. The van der Waals surface area contributed by atoms with Gasteiger partial charge in [-0.2, -0.15) is 48.8 Å². The third kappa shape index (κ3) is 15.4. The lowest BCUT2D eigenvalue weighted by molar-refractivity contribution is 0.786. The Kier molecular flexibility index (Phi) is 17.8. The number of unbranched alkanes of at least 4 members (excludes halogenated alkanes) is 3. The molecule has 0 aliphatic carbocycles. The monoisotopic (exact) mass is 298 g/mol. The highest BCUT2D eigenvalue weighted by atomic mass is 32.2. The summed E-state index contributed by atoms with van der Waals surface area (Å²) in [5, 5.41) is 0. The summed E-state index contributed by atoms with van der Waals surface area (Å²) in [6.07, 6.45) is 8.00. The molecule has 0 nitrogen and oxygen atoms in total. The molecule has 0 saturated carbocycles. The highest BCUT2D eigenvalue weighted by Crippen LogP contribution is 2.12. The van der Waals surface area contributed by atoms with E-state index in [-0.39, 0.29) is 0 Å². The first-order chi connectivity index (χ1) is 7.91. The van der Waals surface area contributed by atoms with Gasteiger partial charge in [0.15, 0.2) is 0 Å². The maximum atomic E-state index is 4.21. The molecule has 98 valence electrons. The fraction of sp³-hybridized carbons (Fsp3) is 1.00. The minimum absolute atomic E-state index is 1.04. The zero-order valence-electron chi connectivity index (χ0n) is 10.2. The Hall–Kier alpha value is 1.40. The fourth-order valence-corrected chi connectivity index (χ4v) is 3.83. The Morgan fingerprint density at radius 1 is 0.500 bits per heavy atom. The molecule has 0 rings (SSSR count). The van der Waals surface area contributed by atoms with Gasteiger partial charge >= 0.3 is 0 Å². The van der Waals surface area contributed by atoms with E-state index in [1.54, 1.807) is 0 Å². The number of hydrogen-bond donors (Lipinski definition) is 2. The van der Waals surface area contributed by atoms with Crippen LogP contribution in [0.1, 0.15) is 38.5 Å².